The number of methoxy groups -OCH3 is 1. The van der Waals surface area contributed by atoms with Crippen LogP contribution in [0.5, 0.6) is 5.75 Å². The molecule has 2 atom stereocenters. The Morgan fingerprint density at radius 1 is 1.24 bits per heavy atom. The molecule has 2 aliphatic heterocycles. The van der Waals surface area contributed by atoms with Crippen molar-refractivity contribution in [2.24, 2.45) is 16.3 Å². The first kappa shape index (κ1) is 30.1. The van der Waals surface area contributed by atoms with Crippen molar-refractivity contribution >= 4 is 18.0 Å². The van der Waals surface area contributed by atoms with Gasteiger partial charge >= 0.3 is 5.97 Å². The van der Waals surface area contributed by atoms with E-state index in [2.05, 4.69) is 50.6 Å². The van der Waals surface area contributed by atoms with Gasteiger partial charge in [-0.1, -0.05) is 46.1 Å². The number of carbonyl (C=O) groups is 2. The molecule has 0 radical (unpaired) electrons. The summed E-state index contributed by atoms with van der Waals surface area (Å²) in [5.74, 6) is -0.0305. The number of aliphatic carboxylic acids is 1. The molecule has 41 heavy (non-hydrogen) atoms. The zero-order chi connectivity index (χ0) is 30.1. The van der Waals surface area contributed by atoms with E-state index in [1.807, 2.05) is 17.2 Å². The number of fused-ring (bicyclic) bond motifs is 3. The number of Topliss-reactive ketones (excluding diaryl/α,β-unsaturated/α-hetero) is 1. The summed E-state index contributed by atoms with van der Waals surface area (Å²) in [6, 6.07) is 5.80. The highest BCUT2D eigenvalue weighted by molar-refractivity contribution is 5.94. The first-order valence-electron chi connectivity index (χ1n) is 14.3. The fourth-order valence-corrected chi connectivity index (χ4v) is 5.98. The third-order valence-corrected chi connectivity index (χ3v) is 8.46. The predicted molar refractivity (Wildman–Crippen MR) is 161 cm³/mol. The Kier molecular flexibility index (Phi) is 8.74. The van der Waals surface area contributed by atoms with E-state index in [1.54, 1.807) is 19.4 Å². The SMILES string of the molecule is C=C=C(/N=C\C(CC)c1cc2c(cc1OC)-c1cc(=O)c(C(C)=O)cn1C(C(C)(C)C)C2)N1CCC(C(=O)O)CC1. The van der Waals surface area contributed by atoms with E-state index in [-0.39, 0.29) is 40.1 Å². The molecule has 0 saturated carbocycles. The first-order chi connectivity index (χ1) is 19.4. The van der Waals surface area contributed by atoms with Gasteiger partial charge in [0.25, 0.3) is 0 Å². The summed E-state index contributed by atoms with van der Waals surface area (Å²) >= 11 is 0. The minimum absolute atomic E-state index is 0.0442. The van der Waals surface area contributed by atoms with Crippen molar-refractivity contribution in [2.75, 3.05) is 20.2 Å². The molecule has 0 bridgehead atoms. The minimum Gasteiger partial charge on any atom is -0.496 e. The lowest BCUT2D eigenvalue weighted by atomic mass is 9.77. The highest BCUT2D eigenvalue weighted by Crippen LogP contribution is 2.45. The lowest BCUT2D eigenvalue weighted by Gasteiger charge is -2.39. The van der Waals surface area contributed by atoms with Crippen molar-refractivity contribution in [3.63, 3.8) is 0 Å². The molecule has 218 valence electrons. The lowest BCUT2D eigenvalue weighted by molar-refractivity contribution is -0.143. The summed E-state index contributed by atoms with van der Waals surface area (Å²) in [4.78, 5) is 43.3. The van der Waals surface area contributed by atoms with Crippen LogP contribution in [0.25, 0.3) is 11.3 Å². The van der Waals surface area contributed by atoms with Crippen LogP contribution in [-0.2, 0) is 11.2 Å². The molecule has 0 aliphatic carbocycles. The van der Waals surface area contributed by atoms with Gasteiger partial charge in [-0.3, -0.25) is 14.4 Å². The van der Waals surface area contributed by atoms with E-state index in [0.29, 0.717) is 37.5 Å². The van der Waals surface area contributed by atoms with Crippen LogP contribution >= 0.6 is 0 Å². The van der Waals surface area contributed by atoms with Gasteiger partial charge in [0, 0.05) is 54.7 Å². The van der Waals surface area contributed by atoms with Crippen molar-refractivity contribution in [2.45, 2.75) is 72.3 Å². The second-order valence-corrected chi connectivity index (χ2v) is 12.1. The molecule has 8 nitrogen and oxygen atoms in total. The number of carboxylic acids is 1. The van der Waals surface area contributed by atoms with Gasteiger partial charge in [-0.05, 0) is 49.7 Å². The van der Waals surface area contributed by atoms with Gasteiger partial charge < -0.3 is 19.3 Å². The Bertz CT molecular complexity index is 1480. The summed E-state index contributed by atoms with van der Waals surface area (Å²) in [5, 5.41) is 9.33. The van der Waals surface area contributed by atoms with Crippen molar-refractivity contribution < 1.29 is 19.4 Å². The standard InChI is InChI=1S/C33H41N3O5/c1-8-21(18-34-31(9-2)35-12-10-22(11-13-35)32(39)40)25-14-23-15-30(33(4,5)6)36-19-26(20(3)37)28(38)17-27(36)24(23)16-29(25)41-7/h14,16-19,21-22,30H,2,8,10-13,15H2,1,3-7H3,(H,39,40)/b34-18-. The predicted octanol–water partition coefficient (Wildman–Crippen LogP) is 5.86. The van der Waals surface area contributed by atoms with Crippen LogP contribution in [0.2, 0.25) is 0 Å². The highest BCUT2D eigenvalue weighted by atomic mass is 16.5. The van der Waals surface area contributed by atoms with Gasteiger partial charge in [0.1, 0.15) is 5.75 Å². The average Bonchev–Trinajstić information content (AvgIpc) is 2.93. The molecule has 1 saturated heterocycles. The fraction of sp³-hybridized carbons (Fsp3) is 0.485. The monoisotopic (exact) mass is 559 g/mol. The highest BCUT2D eigenvalue weighted by Gasteiger charge is 2.34. The van der Waals surface area contributed by atoms with E-state index in [0.717, 1.165) is 35.2 Å². The number of aromatic nitrogens is 1. The molecular weight excluding hydrogens is 518 g/mol. The second kappa shape index (κ2) is 11.9. The molecule has 2 unspecified atom stereocenters. The number of ether oxygens (including phenoxy) is 1. The maximum Gasteiger partial charge on any atom is 0.306 e. The number of piperidine rings is 1. The molecule has 3 heterocycles. The summed E-state index contributed by atoms with van der Waals surface area (Å²) in [6.07, 6.45) is 6.29. The maximum atomic E-state index is 12.9. The molecular formula is C33H41N3O5. The summed E-state index contributed by atoms with van der Waals surface area (Å²) in [6.45, 7) is 15.1. The van der Waals surface area contributed by atoms with Gasteiger partial charge in [-0.15, -0.1) is 0 Å². The molecule has 1 fully saturated rings. The Balaban J connectivity index is 1.73. The number of carboxylic acid groups (broad SMARTS) is 1. The van der Waals surface area contributed by atoms with Gasteiger partial charge in [0.15, 0.2) is 17.0 Å². The molecule has 0 amide bonds. The zero-order valence-corrected chi connectivity index (χ0v) is 25.0. The molecule has 2 aliphatic rings. The largest absolute Gasteiger partial charge is 0.496 e. The average molecular weight is 560 g/mol. The second-order valence-electron chi connectivity index (χ2n) is 12.1. The topological polar surface area (TPSA) is 101 Å². The van der Waals surface area contributed by atoms with E-state index >= 15 is 0 Å². The van der Waals surface area contributed by atoms with Crippen molar-refractivity contribution in [1.29, 1.82) is 0 Å². The van der Waals surface area contributed by atoms with Crippen LogP contribution in [0, 0.1) is 11.3 Å². The minimum atomic E-state index is -0.747. The molecule has 4 rings (SSSR count). The van der Waals surface area contributed by atoms with Crippen LogP contribution in [0.1, 0.15) is 87.3 Å². The molecule has 1 N–H and O–H groups in total. The van der Waals surface area contributed by atoms with Gasteiger partial charge in [0.05, 0.1) is 24.3 Å². The van der Waals surface area contributed by atoms with E-state index in [1.165, 1.54) is 6.92 Å². The van der Waals surface area contributed by atoms with E-state index < -0.39 is 5.97 Å². The number of carbonyl (C=O) groups excluding carboxylic acids is 1. The van der Waals surface area contributed by atoms with Crippen molar-refractivity contribution in [3.8, 4) is 17.0 Å². The number of nitrogens with zero attached hydrogens (tertiary/aromatic N) is 3. The smallest absolute Gasteiger partial charge is 0.306 e. The van der Waals surface area contributed by atoms with Crippen LogP contribution in [-0.4, -0.2) is 52.7 Å². The van der Waals surface area contributed by atoms with Gasteiger partial charge in [0.2, 0.25) is 0 Å². The third-order valence-electron chi connectivity index (χ3n) is 8.46. The maximum absolute atomic E-state index is 12.9. The van der Waals surface area contributed by atoms with Crippen molar-refractivity contribution in [3.05, 3.63) is 69.4 Å². The molecule has 1 aromatic heterocycles. The summed E-state index contributed by atoms with van der Waals surface area (Å²) in [7, 11) is 1.64. The molecule has 8 heteroatoms. The number of rotatable bonds is 8. The van der Waals surface area contributed by atoms with E-state index in [9.17, 15) is 19.5 Å². The van der Waals surface area contributed by atoms with Crippen LogP contribution in [0.15, 0.2) is 52.3 Å². The normalized spacial score (nSPS) is 17.9. The first-order valence-corrected chi connectivity index (χ1v) is 14.3. The number of aliphatic imine (C=N–C) groups is 1. The number of hydrogen-bond donors (Lipinski definition) is 1. The Labute approximate surface area is 242 Å². The Morgan fingerprint density at radius 2 is 1.93 bits per heavy atom. The molecule has 0 spiro atoms. The van der Waals surface area contributed by atoms with Gasteiger partial charge in [-0.2, -0.15) is 0 Å². The quantitative estimate of drug-likeness (QED) is 0.247. The number of hydrogen-bond acceptors (Lipinski definition) is 6. The summed E-state index contributed by atoms with van der Waals surface area (Å²) < 4.78 is 7.97. The van der Waals surface area contributed by atoms with Crippen LogP contribution in [0.3, 0.4) is 0 Å². The fourth-order valence-electron chi connectivity index (χ4n) is 5.98. The molecule has 2 aromatic rings. The summed E-state index contributed by atoms with van der Waals surface area (Å²) in [5.41, 5.74) is 6.59. The zero-order valence-electron chi connectivity index (χ0n) is 25.0. The number of benzene rings is 1. The molecule has 1 aromatic carbocycles. The van der Waals surface area contributed by atoms with Crippen LogP contribution < -0.4 is 10.2 Å². The number of pyridine rings is 1. The lowest BCUT2D eigenvalue weighted by Crippen LogP contribution is -2.35. The number of likely N-dealkylation sites (tertiary alicyclic amines) is 1. The Hall–Kier alpha value is -3.90. The van der Waals surface area contributed by atoms with E-state index in [4.69, 9.17) is 9.73 Å². The van der Waals surface area contributed by atoms with Crippen LogP contribution in [0.4, 0.5) is 0 Å². The third kappa shape index (κ3) is 6.08. The Morgan fingerprint density at radius 3 is 2.46 bits per heavy atom. The van der Waals surface area contributed by atoms with Crippen molar-refractivity contribution in [1.82, 2.24) is 9.47 Å². The number of ketones is 1. The van der Waals surface area contributed by atoms with Gasteiger partial charge in [-0.25, -0.2) is 4.99 Å².